The van der Waals surface area contributed by atoms with E-state index in [1.807, 2.05) is 0 Å². The SMILES string of the molecule is O=[AsH](O)Oc1ccccc1N=Nc1c(S(=O)(=O)O)cc2cc(S(=O)(=O)O)c(N=Nc3ccccc3O[AsH](=O)O)c(O)c2c1O.[Na].[Na]. The molecule has 2 unspecified atom stereocenters. The molecule has 4 rings (SSSR count). The Morgan fingerprint density at radius 3 is 1.28 bits per heavy atom. The van der Waals surface area contributed by atoms with E-state index < -0.39 is 94.2 Å². The summed E-state index contributed by atoms with van der Waals surface area (Å²) in [5.41, 5.74) is -2.36. The summed E-state index contributed by atoms with van der Waals surface area (Å²) in [5, 5.41) is 35.6. The van der Waals surface area contributed by atoms with Gasteiger partial charge < -0.3 is 0 Å². The molecule has 2 atom stereocenters. The van der Waals surface area contributed by atoms with Crippen molar-refractivity contribution in [2.45, 2.75) is 9.79 Å². The predicted octanol–water partition coefficient (Wildman–Crippen LogP) is 1.85. The second kappa shape index (κ2) is 16.4. The van der Waals surface area contributed by atoms with E-state index in [2.05, 4.69) is 20.5 Å². The van der Waals surface area contributed by atoms with Gasteiger partial charge in [-0.05, 0) is 0 Å². The number of benzene rings is 4. The molecule has 2 radical (unpaired) electrons. The Morgan fingerprint density at radius 2 is 0.957 bits per heavy atom. The maximum atomic E-state index is 12.2. The largest absolute Gasteiger partial charge is 0 e. The van der Waals surface area contributed by atoms with Gasteiger partial charge in [0.2, 0.25) is 0 Å². The van der Waals surface area contributed by atoms with E-state index >= 15 is 0 Å². The molecule has 4 aromatic carbocycles. The third-order valence-electron chi connectivity index (χ3n) is 5.45. The summed E-state index contributed by atoms with van der Waals surface area (Å²) in [4.78, 5) is -2.24. The van der Waals surface area contributed by atoms with Gasteiger partial charge in [-0.1, -0.05) is 0 Å². The first-order valence-corrected chi connectivity index (χ1v) is 19.6. The van der Waals surface area contributed by atoms with E-state index in [1.54, 1.807) is 0 Å². The average molecular weight is 822 g/mol. The van der Waals surface area contributed by atoms with Crippen LogP contribution in [0.5, 0.6) is 23.0 Å². The van der Waals surface area contributed by atoms with Gasteiger partial charge in [-0.3, -0.25) is 0 Å². The van der Waals surface area contributed by atoms with Crippen molar-refractivity contribution < 1.29 is 59.3 Å². The quantitative estimate of drug-likeness (QED) is 0.0756. The molecule has 0 aliphatic rings. The summed E-state index contributed by atoms with van der Waals surface area (Å²) in [6, 6.07) is 11.9. The van der Waals surface area contributed by atoms with Crippen LogP contribution in [0, 0.1) is 0 Å². The maximum Gasteiger partial charge on any atom is 0 e. The van der Waals surface area contributed by atoms with Crippen LogP contribution < -0.4 is 7.45 Å². The summed E-state index contributed by atoms with van der Waals surface area (Å²) in [6.07, 6.45) is 0. The molecule has 24 heteroatoms. The molecule has 0 fully saturated rings. The van der Waals surface area contributed by atoms with Crippen LogP contribution in [0.3, 0.4) is 0 Å². The number of phenolic OH excluding ortho intramolecular Hbond substituents is 2. The molecule has 6 N–H and O–H groups in total. The van der Waals surface area contributed by atoms with Crippen molar-refractivity contribution in [1.29, 1.82) is 0 Å². The van der Waals surface area contributed by atoms with Crippen molar-refractivity contribution >= 4 is 143 Å². The fraction of sp³-hybridized carbons (Fsp3) is 0. The van der Waals surface area contributed by atoms with Crippen molar-refractivity contribution in [3.8, 4) is 23.0 Å². The Bertz CT molecular complexity index is 1990. The van der Waals surface area contributed by atoms with Gasteiger partial charge in [0.15, 0.2) is 0 Å². The van der Waals surface area contributed by atoms with Gasteiger partial charge in [-0.2, -0.15) is 0 Å². The number of rotatable bonds is 10. The smallest absolute Gasteiger partial charge is 0 e. The molecular formula is C22H18As2N4Na2O14S2. The molecule has 0 aromatic heterocycles. The van der Waals surface area contributed by atoms with E-state index in [-0.39, 0.29) is 82.0 Å². The second-order valence-electron chi connectivity index (χ2n) is 8.26. The second-order valence-corrected chi connectivity index (χ2v) is 14.1. The van der Waals surface area contributed by atoms with Crippen LogP contribution in [0.1, 0.15) is 0 Å². The van der Waals surface area contributed by atoms with E-state index in [0.29, 0.717) is 12.1 Å². The summed E-state index contributed by atoms with van der Waals surface area (Å²) < 4.78 is 119. The molecule has 0 saturated heterocycles. The first kappa shape index (κ1) is 40.2. The molecule has 0 aliphatic carbocycles. The van der Waals surface area contributed by atoms with E-state index in [9.17, 15) is 43.6 Å². The fourth-order valence-corrected chi connectivity index (χ4v) is 6.52. The molecule has 0 spiro atoms. The zero-order valence-corrected chi connectivity index (χ0v) is 33.2. The molecule has 4 aromatic rings. The van der Waals surface area contributed by atoms with Crippen LogP contribution in [0.4, 0.5) is 22.7 Å². The average Bonchev–Trinajstić information content (AvgIpc) is 2.91. The number of phenols is 2. The molecule has 0 heterocycles. The molecular weight excluding hydrogens is 804 g/mol. The molecule has 0 bridgehead atoms. The van der Waals surface area contributed by atoms with Gasteiger partial charge in [0.1, 0.15) is 0 Å². The van der Waals surface area contributed by atoms with Crippen LogP contribution in [0.25, 0.3) is 10.8 Å². The molecule has 234 valence electrons. The van der Waals surface area contributed by atoms with Crippen molar-refractivity contribution in [2.75, 3.05) is 0 Å². The van der Waals surface area contributed by atoms with Gasteiger partial charge >= 0.3 is 257 Å². The van der Waals surface area contributed by atoms with Crippen molar-refractivity contribution in [3.63, 3.8) is 0 Å². The minimum Gasteiger partial charge on any atom is 0 e. The summed E-state index contributed by atoms with van der Waals surface area (Å²) in [7, 11) is -10.5. The summed E-state index contributed by atoms with van der Waals surface area (Å²) in [5.74, 6) is -2.81. The number of hydrogen-bond acceptors (Lipinski definition) is 14. The minimum atomic E-state index is -5.23. The van der Waals surface area contributed by atoms with Gasteiger partial charge in [-0.25, -0.2) is 0 Å². The Balaban J connectivity index is 0.00000368. The Kier molecular flexibility index (Phi) is 14.3. The van der Waals surface area contributed by atoms with Crippen molar-refractivity contribution in [3.05, 3.63) is 60.7 Å². The fourth-order valence-electron chi connectivity index (χ4n) is 3.70. The Labute approximate surface area is 313 Å². The standard InChI is InChI=1S/C22H18As2N4O14S2.2Na/c29-21-18-11(9-16(43(35,36)37)19(21)27-25-12-5-1-3-7-14(12)41-23(31)32)10-17(44(38,39)40)20(22(18)30)28-26-13-6-2-4-8-15(13)42-24(33)34;;/h1-10,23-24,29-30H,(H,31,32)(H,33,34)(H,35,36,37)(H,38,39,40);;. The van der Waals surface area contributed by atoms with Gasteiger partial charge in [0.25, 0.3) is 0 Å². The number of nitrogens with zero attached hydrogens (tertiary/aromatic N) is 4. The number of aromatic hydroxyl groups is 2. The topological polar surface area (TPSA) is 292 Å². The number of fused-ring (bicyclic) bond motifs is 1. The van der Waals surface area contributed by atoms with Crippen LogP contribution >= 0.6 is 0 Å². The normalized spacial score (nSPS) is 13.2. The summed E-state index contributed by atoms with van der Waals surface area (Å²) in [6.45, 7) is 0. The molecule has 18 nitrogen and oxygen atoms in total. The van der Waals surface area contributed by atoms with Crippen LogP contribution in [-0.4, -0.2) is 134 Å². The third-order valence-corrected chi connectivity index (χ3v) is 8.84. The zero-order valence-electron chi connectivity index (χ0n) is 23.3. The third kappa shape index (κ3) is 9.54. The minimum absolute atomic E-state index is 0. The molecule has 0 saturated carbocycles. The van der Waals surface area contributed by atoms with E-state index in [1.165, 1.54) is 48.5 Å². The Morgan fingerprint density at radius 1 is 0.609 bits per heavy atom. The van der Waals surface area contributed by atoms with Gasteiger partial charge in [0.05, 0.1) is 0 Å². The van der Waals surface area contributed by atoms with Crippen LogP contribution in [0.15, 0.2) is 90.9 Å². The van der Waals surface area contributed by atoms with E-state index in [4.69, 9.17) is 15.6 Å². The molecule has 0 aliphatic heterocycles. The van der Waals surface area contributed by atoms with Crippen molar-refractivity contribution in [2.24, 2.45) is 20.5 Å². The number of hydrogen-bond donors (Lipinski definition) is 6. The number of azo groups is 2. The van der Waals surface area contributed by atoms with Gasteiger partial charge in [0, 0.05) is 59.1 Å². The molecule has 0 amide bonds. The van der Waals surface area contributed by atoms with Crippen LogP contribution in [-0.2, 0) is 27.7 Å². The Hall–Kier alpha value is -2.00. The van der Waals surface area contributed by atoms with Crippen LogP contribution in [0.2, 0.25) is 0 Å². The van der Waals surface area contributed by atoms with E-state index in [0.717, 1.165) is 0 Å². The van der Waals surface area contributed by atoms with Crippen molar-refractivity contribution in [1.82, 2.24) is 0 Å². The monoisotopic (exact) mass is 822 g/mol. The predicted molar refractivity (Wildman–Crippen MR) is 161 cm³/mol. The first-order valence-electron chi connectivity index (χ1n) is 11.4. The maximum absolute atomic E-state index is 12.2. The number of para-hydroxylation sites is 2. The molecule has 46 heavy (non-hydrogen) atoms. The van der Waals surface area contributed by atoms with Gasteiger partial charge in [-0.15, -0.1) is 0 Å². The first-order chi connectivity index (χ1) is 20.6. The zero-order chi connectivity index (χ0) is 32.4. The summed E-state index contributed by atoms with van der Waals surface area (Å²) >= 11 is -8.28.